The molecule has 0 radical (unpaired) electrons. The number of hydrogen-bond donors (Lipinski definition) is 0. The largest absolute Gasteiger partial charge is 0.496 e. The van der Waals surface area contributed by atoms with E-state index in [0.29, 0.717) is 0 Å². The molecule has 0 bridgehead atoms. The number of para-hydroxylation sites is 1. The van der Waals surface area contributed by atoms with Crippen molar-refractivity contribution in [3.8, 4) is 5.75 Å². The monoisotopic (exact) mass is 266 g/mol. The Morgan fingerprint density at radius 2 is 2.00 bits per heavy atom. The first kappa shape index (κ1) is 12.5. The van der Waals surface area contributed by atoms with E-state index in [1.54, 1.807) is 18.4 Å². The fourth-order valence-corrected chi connectivity index (χ4v) is 3.09. The van der Waals surface area contributed by atoms with Gasteiger partial charge < -0.3 is 4.74 Å². The minimum Gasteiger partial charge on any atom is -0.496 e. The molecule has 90 valence electrons. The van der Waals surface area contributed by atoms with Crippen LogP contribution in [-0.2, 0) is 6.42 Å². The topological polar surface area (TPSA) is 9.23 Å². The zero-order chi connectivity index (χ0) is 12.3. The van der Waals surface area contributed by atoms with Crippen LogP contribution in [0.3, 0.4) is 0 Å². The SMILES string of the molecule is CCc1ccc(C(Cl)c2ccccc2OC)s1. The fraction of sp³-hybridized carbons (Fsp3) is 0.286. The third kappa shape index (κ3) is 2.64. The summed E-state index contributed by atoms with van der Waals surface area (Å²) >= 11 is 8.28. The number of halogens is 1. The Morgan fingerprint density at radius 1 is 1.24 bits per heavy atom. The van der Waals surface area contributed by atoms with Crippen molar-refractivity contribution in [3.05, 3.63) is 51.7 Å². The molecule has 0 amide bonds. The molecule has 1 heterocycles. The standard InChI is InChI=1S/C14H15ClOS/c1-3-10-8-9-13(17-10)14(15)11-6-4-5-7-12(11)16-2/h4-9,14H,3H2,1-2H3. The van der Waals surface area contributed by atoms with E-state index in [4.69, 9.17) is 16.3 Å². The summed E-state index contributed by atoms with van der Waals surface area (Å²) < 4.78 is 5.34. The smallest absolute Gasteiger partial charge is 0.123 e. The van der Waals surface area contributed by atoms with E-state index in [2.05, 4.69) is 19.1 Å². The van der Waals surface area contributed by atoms with Crippen molar-refractivity contribution in [1.82, 2.24) is 0 Å². The summed E-state index contributed by atoms with van der Waals surface area (Å²) in [5.41, 5.74) is 1.03. The molecule has 2 aromatic rings. The van der Waals surface area contributed by atoms with Gasteiger partial charge >= 0.3 is 0 Å². The van der Waals surface area contributed by atoms with Gasteiger partial charge in [0.05, 0.1) is 12.5 Å². The zero-order valence-corrected chi connectivity index (χ0v) is 11.5. The molecule has 0 aliphatic rings. The van der Waals surface area contributed by atoms with Gasteiger partial charge in [0.1, 0.15) is 5.75 Å². The second-order valence-electron chi connectivity index (χ2n) is 3.76. The molecule has 2 rings (SSSR count). The molecule has 0 aliphatic carbocycles. The lowest BCUT2D eigenvalue weighted by Gasteiger charge is -2.12. The molecule has 17 heavy (non-hydrogen) atoms. The number of hydrogen-bond acceptors (Lipinski definition) is 2. The fourth-order valence-electron chi connectivity index (χ4n) is 1.75. The number of benzene rings is 1. The van der Waals surface area contributed by atoms with Gasteiger partial charge in [0.2, 0.25) is 0 Å². The van der Waals surface area contributed by atoms with Crippen LogP contribution in [-0.4, -0.2) is 7.11 Å². The lowest BCUT2D eigenvalue weighted by molar-refractivity contribution is 0.410. The van der Waals surface area contributed by atoms with Crippen molar-refractivity contribution in [2.75, 3.05) is 7.11 Å². The highest BCUT2D eigenvalue weighted by Crippen LogP contribution is 2.38. The first-order chi connectivity index (χ1) is 8.26. The molecule has 0 N–H and O–H groups in total. The molecule has 1 nitrogen and oxygen atoms in total. The summed E-state index contributed by atoms with van der Waals surface area (Å²) in [6.07, 6.45) is 1.06. The van der Waals surface area contributed by atoms with Crippen molar-refractivity contribution in [3.63, 3.8) is 0 Å². The Labute approximate surface area is 111 Å². The van der Waals surface area contributed by atoms with E-state index in [1.807, 2.05) is 24.3 Å². The summed E-state index contributed by atoms with van der Waals surface area (Å²) in [5.74, 6) is 0.846. The van der Waals surface area contributed by atoms with E-state index in [-0.39, 0.29) is 5.38 Å². The van der Waals surface area contributed by atoms with Crippen molar-refractivity contribution in [2.45, 2.75) is 18.7 Å². The van der Waals surface area contributed by atoms with E-state index in [9.17, 15) is 0 Å². The van der Waals surface area contributed by atoms with Crippen LogP contribution in [0.25, 0.3) is 0 Å². The number of aryl methyl sites for hydroxylation is 1. The average molecular weight is 267 g/mol. The first-order valence-electron chi connectivity index (χ1n) is 5.61. The van der Waals surface area contributed by atoms with Crippen molar-refractivity contribution < 1.29 is 4.74 Å². The molecule has 0 saturated carbocycles. The summed E-state index contributed by atoms with van der Waals surface area (Å²) in [6.45, 7) is 2.15. The van der Waals surface area contributed by atoms with Gasteiger partial charge in [-0.3, -0.25) is 0 Å². The van der Waals surface area contributed by atoms with Gasteiger partial charge in [-0.2, -0.15) is 0 Å². The van der Waals surface area contributed by atoms with Crippen LogP contribution in [0, 0.1) is 0 Å². The highest BCUT2D eigenvalue weighted by molar-refractivity contribution is 7.12. The molecule has 0 aliphatic heterocycles. The number of ether oxygens (including phenoxy) is 1. The minimum atomic E-state index is -0.128. The minimum absolute atomic E-state index is 0.128. The normalized spacial score (nSPS) is 12.4. The van der Waals surface area contributed by atoms with E-state index in [1.165, 1.54) is 9.75 Å². The summed E-state index contributed by atoms with van der Waals surface area (Å²) in [6, 6.07) is 12.2. The van der Waals surface area contributed by atoms with Crippen molar-refractivity contribution in [1.29, 1.82) is 0 Å². The molecule has 3 heteroatoms. The Balaban J connectivity index is 2.32. The summed E-state index contributed by atoms with van der Waals surface area (Å²) in [5, 5.41) is -0.128. The summed E-state index contributed by atoms with van der Waals surface area (Å²) in [4.78, 5) is 2.54. The predicted octanol–water partition coefficient (Wildman–Crippen LogP) is 4.65. The number of alkyl halides is 1. The maximum Gasteiger partial charge on any atom is 0.123 e. The van der Waals surface area contributed by atoms with E-state index < -0.39 is 0 Å². The molecular formula is C14H15ClOS. The van der Waals surface area contributed by atoms with Gasteiger partial charge in [0, 0.05) is 15.3 Å². The van der Waals surface area contributed by atoms with Gasteiger partial charge in [0.25, 0.3) is 0 Å². The third-order valence-electron chi connectivity index (χ3n) is 2.69. The molecule has 0 spiro atoms. The Morgan fingerprint density at radius 3 is 2.65 bits per heavy atom. The van der Waals surface area contributed by atoms with Gasteiger partial charge in [0.15, 0.2) is 0 Å². The molecule has 1 atom stereocenters. The van der Waals surface area contributed by atoms with E-state index in [0.717, 1.165) is 17.7 Å². The molecule has 0 fully saturated rings. The predicted molar refractivity (Wildman–Crippen MR) is 74.4 cm³/mol. The average Bonchev–Trinajstić information content (AvgIpc) is 2.86. The maximum atomic E-state index is 6.52. The van der Waals surface area contributed by atoms with Gasteiger partial charge in [-0.1, -0.05) is 25.1 Å². The zero-order valence-electron chi connectivity index (χ0n) is 9.94. The molecule has 0 saturated heterocycles. The molecule has 1 unspecified atom stereocenters. The van der Waals surface area contributed by atoms with Gasteiger partial charge in [-0.05, 0) is 24.6 Å². The van der Waals surface area contributed by atoms with Gasteiger partial charge in [-0.25, -0.2) is 0 Å². The lowest BCUT2D eigenvalue weighted by atomic mass is 10.1. The third-order valence-corrected chi connectivity index (χ3v) is 4.59. The second kappa shape index (κ2) is 5.56. The van der Waals surface area contributed by atoms with Crippen LogP contribution in [0.1, 0.15) is 27.6 Å². The van der Waals surface area contributed by atoms with Crippen LogP contribution in [0.2, 0.25) is 0 Å². The van der Waals surface area contributed by atoms with E-state index >= 15 is 0 Å². The maximum absolute atomic E-state index is 6.52. The number of rotatable bonds is 4. The van der Waals surface area contributed by atoms with Crippen LogP contribution < -0.4 is 4.74 Å². The quantitative estimate of drug-likeness (QED) is 0.732. The lowest BCUT2D eigenvalue weighted by Crippen LogP contribution is -1.95. The molecule has 1 aromatic carbocycles. The summed E-state index contributed by atoms with van der Waals surface area (Å²) in [7, 11) is 1.67. The first-order valence-corrected chi connectivity index (χ1v) is 6.87. The Kier molecular flexibility index (Phi) is 4.08. The molecular weight excluding hydrogens is 252 g/mol. The number of thiophene rings is 1. The Hall–Kier alpha value is -0.990. The molecule has 1 aromatic heterocycles. The second-order valence-corrected chi connectivity index (χ2v) is 5.40. The Bertz CT molecular complexity index is 492. The highest BCUT2D eigenvalue weighted by Gasteiger charge is 2.16. The van der Waals surface area contributed by atoms with Crippen LogP contribution in [0.5, 0.6) is 5.75 Å². The van der Waals surface area contributed by atoms with Gasteiger partial charge in [-0.15, -0.1) is 22.9 Å². The van der Waals surface area contributed by atoms with Crippen molar-refractivity contribution in [2.24, 2.45) is 0 Å². The van der Waals surface area contributed by atoms with Crippen molar-refractivity contribution >= 4 is 22.9 Å². The van der Waals surface area contributed by atoms with Crippen LogP contribution in [0.15, 0.2) is 36.4 Å². The number of methoxy groups -OCH3 is 1. The highest BCUT2D eigenvalue weighted by atomic mass is 35.5. The van der Waals surface area contributed by atoms with Crippen LogP contribution in [0.4, 0.5) is 0 Å². The van der Waals surface area contributed by atoms with Crippen LogP contribution >= 0.6 is 22.9 Å².